The van der Waals surface area contributed by atoms with Crippen LogP contribution in [-0.4, -0.2) is 29.9 Å². The number of hydrogen-bond donors (Lipinski definition) is 1. The van der Waals surface area contributed by atoms with Crippen LogP contribution in [-0.2, 0) is 6.18 Å². The van der Waals surface area contributed by atoms with Gasteiger partial charge in [0.05, 0.1) is 25.2 Å². The minimum atomic E-state index is -4.57. The smallest absolute Gasteiger partial charge is 0.416 e. The zero-order valence-corrected chi connectivity index (χ0v) is 18.0. The number of fused-ring (bicyclic) bond motifs is 1. The summed E-state index contributed by atoms with van der Waals surface area (Å²) in [7, 11) is 2.89. The monoisotopic (exact) mass is 469 g/mol. The number of anilines is 1. The molecule has 0 unspecified atom stereocenters. The van der Waals surface area contributed by atoms with Crippen LogP contribution >= 0.6 is 0 Å². The second-order valence-electron chi connectivity index (χ2n) is 7.18. The lowest BCUT2D eigenvalue weighted by Gasteiger charge is -2.15. The molecule has 0 aliphatic heterocycles. The fraction of sp³-hybridized carbons (Fsp3) is 0.125. The maximum Gasteiger partial charge on any atom is 0.416 e. The first-order valence-corrected chi connectivity index (χ1v) is 9.96. The Morgan fingerprint density at radius 1 is 0.941 bits per heavy atom. The quantitative estimate of drug-likeness (QED) is 0.459. The number of rotatable bonds is 5. The van der Waals surface area contributed by atoms with Gasteiger partial charge in [-0.25, -0.2) is 0 Å². The summed E-state index contributed by atoms with van der Waals surface area (Å²) in [5.41, 5.74) is -1.37. The van der Waals surface area contributed by atoms with Crippen LogP contribution in [0.4, 0.5) is 18.9 Å². The summed E-state index contributed by atoms with van der Waals surface area (Å²) in [6.45, 7) is 0. The Morgan fingerprint density at radius 3 is 2.35 bits per heavy atom. The van der Waals surface area contributed by atoms with E-state index in [1.54, 1.807) is 36.4 Å². The van der Waals surface area contributed by atoms with Crippen molar-refractivity contribution in [3.63, 3.8) is 0 Å². The third-order valence-corrected chi connectivity index (χ3v) is 5.08. The highest BCUT2D eigenvalue weighted by atomic mass is 19.4. The predicted octanol–water partition coefficient (Wildman–Crippen LogP) is 4.67. The highest BCUT2D eigenvalue weighted by Gasteiger charge is 2.30. The number of carbonyl (C=O) groups is 1. The molecule has 1 aromatic heterocycles. The third-order valence-electron chi connectivity index (χ3n) is 5.08. The fourth-order valence-corrected chi connectivity index (χ4v) is 3.44. The summed E-state index contributed by atoms with van der Waals surface area (Å²) in [5.74, 6) is -0.0258. The molecule has 0 aliphatic rings. The van der Waals surface area contributed by atoms with Crippen molar-refractivity contribution in [2.75, 3.05) is 19.5 Å². The van der Waals surface area contributed by atoms with Crippen molar-refractivity contribution in [2.45, 2.75) is 6.18 Å². The summed E-state index contributed by atoms with van der Waals surface area (Å²) in [6.07, 6.45) is -4.57. The lowest BCUT2D eigenvalue weighted by Crippen LogP contribution is -2.27. The molecule has 34 heavy (non-hydrogen) atoms. The average molecular weight is 469 g/mol. The first-order chi connectivity index (χ1) is 16.2. The van der Waals surface area contributed by atoms with Crippen LogP contribution in [0.15, 0.2) is 71.5 Å². The molecule has 174 valence electrons. The lowest BCUT2D eigenvalue weighted by atomic mass is 10.1. The van der Waals surface area contributed by atoms with Crippen molar-refractivity contribution in [3.8, 4) is 17.2 Å². The van der Waals surface area contributed by atoms with Gasteiger partial charge in [-0.3, -0.25) is 9.59 Å². The molecule has 0 fully saturated rings. The summed E-state index contributed by atoms with van der Waals surface area (Å²) in [4.78, 5) is 26.3. The predicted molar refractivity (Wildman–Crippen MR) is 120 cm³/mol. The van der Waals surface area contributed by atoms with Crippen molar-refractivity contribution in [1.82, 2.24) is 9.78 Å². The van der Waals surface area contributed by atoms with Gasteiger partial charge < -0.3 is 14.8 Å². The van der Waals surface area contributed by atoms with Gasteiger partial charge in [0.25, 0.3) is 11.5 Å². The molecule has 0 atom stereocenters. The van der Waals surface area contributed by atoms with Gasteiger partial charge >= 0.3 is 6.18 Å². The maximum absolute atomic E-state index is 13.2. The number of nitrogens with one attached hydrogen (secondary N) is 1. The van der Waals surface area contributed by atoms with Crippen molar-refractivity contribution in [2.24, 2.45) is 0 Å². The molecule has 7 nitrogen and oxygen atoms in total. The molecule has 10 heteroatoms. The highest BCUT2D eigenvalue weighted by Crippen LogP contribution is 2.31. The number of nitrogens with zero attached hydrogens (tertiary/aromatic N) is 2. The van der Waals surface area contributed by atoms with Crippen molar-refractivity contribution in [3.05, 3.63) is 88.3 Å². The second-order valence-corrected chi connectivity index (χ2v) is 7.18. The summed E-state index contributed by atoms with van der Waals surface area (Å²) < 4.78 is 50.7. The molecule has 1 N–H and O–H groups in total. The minimum absolute atomic E-state index is 0.0644. The van der Waals surface area contributed by atoms with Crippen LogP contribution in [0.25, 0.3) is 16.5 Å². The molecular formula is C24H18F3N3O4. The molecule has 0 bridgehead atoms. The molecule has 4 rings (SSSR count). The van der Waals surface area contributed by atoms with E-state index in [9.17, 15) is 22.8 Å². The first kappa shape index (κ1) is 22.8. The van der Waals surface area contributed by atoms with Crippen LogP contribution in [0.1, 0.15) is 16.1 Å². The number of benzene rings is 3. The van der Waals surface area contributed by atoms with Gasteiger partial charge in [-0.05, 0) is 36.4 Å². The number of methoxy groups -OCH3 is 2. The Kier molecular flexibility index (Phi) is 5.97. The van der Waals surface area contributed by atoms with E-state index in [4.69, 9.17) is 9.47 Å². The fourth-order valence-electron chi connectivity index (χ4n) is 3.44. The number of hydrogen-bond acceptors (Lipinski definition) is 5. The average Bonchev–Trinajstić information content (AvgIpc) is 2.83. The van der Waals surface area contributed by atoms with Gasteiger partial charge in [-0.15, -0.1) is 0 Å². The van der Waals surface area contributed by atoms with Gasteiger partial charge in [0.1, 0.15) is 17.2 Å². The van der Waals surface area contributed by atoms with E-state index >= 15 is 0 Å². The maximum atomic E-state index is 13.2. The van der Waals surface area contributed by atoms with E-state index in [-0.39, 0.29) is 33.6 Å². The van der Waals surface area contributed by atoms with Gasteiger partial charge in [0.15, 0.2) is 5.69 Å². The van der Waals surface area contributed by atoms with E-state index < -0.39 is 23.2 Å². The van der Waals surface area contributed by atoms with Crippen LogP contribution < -0.4 is 20.3 Å². The summed E-state index contributed by atoms with van der Waals surface area (Å²) in [6, 6.07) is 15.3. The summed E-state index contributed by atoms with van der Waals surface area (Å²) in [5, 5.41) is 7.14. The molecule has 0 saturated carbocycles. The van der Waals surface area contributed by atoms with Crippen LogP contribution in [0.3, 0.4) is 0 Å². The van der Waals surface area contributed by atoms with Gasteiger partial charge in [0, 0.05) is 17.1 Å². The topological polar surface area (TPSA) is 82.5 Å². The number of halogens is 3. The Labute approximate surface area is 191 Å². The van der Waals surface area contributed by atoms with Crippen molar-refractivity contribution in [1.29, 1.82) is 0 Å². The number of amides is 1. The van der Waals surface area contributed by atoms with Crippen molar-refractivity contribution >= 4 is 22.4 Å². The standard InChI is InChI=1S/C24H18F3N3O4/c1-33-16-10-11-19(20(13-16)34-2)30-23(32)18-9-4-3-8-17(18)21(29-30)22(31)28-15-7-5-6-14(12-15)24(25,26)27/h3-13H,1-2H3,(H,28,31). The van der Waals surface area contributed by atoms with E-state index in [2.05, 4.69) is 10.4 Å². The SMILES string of the molecule is COc1ccc(-n2nc(C(=O)Nc3cccc(C(F)(F)F)c3)c3ccccc3c2=O)c(OC)c1. The molecule has 0 spiro atoms. The molecule has 0 radical (unpaired) electrons. The number of carbonyl (C=O) groups excluding carboxylic acids is 1. The van der Waals surface area contributed by atoms with E-state index in [0.29, 0.717) is 5.75 Å². The van der Waals surface area contributed by atoms with Crippen molar-refractivity contribution < 1.29 is 27.4 Å². The van der Waals surface area contributed by atoms with Crippen LogP contribution in [0.2, 0.25) is 0 Å². The van der Waals surface area contributed by atoms with Crippen LogP contribution in [0, 0.1) is 0 Å². The Bertz CT molecular complexity index is 1450. The van der Waals surface area contributed by atoms with Gasteiger partial charge in [-0.1, -0.05) is 24.3 Å². The van der Waals surface area contributed by atoms with E-state index in [1.165, 1.54) is 32.4 Å². The van der Waals surface area contributed by atoms with Crippen LogP contribution in [0.5, 0.6) is 11.5 Å². The molecule has 4 aromatic rings. The Hall–Kier alpha value is -4.34. The molecule has 1 heterocycles. The van der Waals surface area contributed by atoms with E-state index in [1.807, 2.05) is 0 Å². The number of ether oxygens (including phenoxy) is 2. The molecule has 0 saturated heterocycles. The molecule has 1 amide bonds. The largest absolute Gasteiger partial charge is 0.497 e. The second kappa shape index (κ2) is 8.89. The third kappa shape index (κ3) is 4.29. The molecular weight excluding hydrogens is 451 g/mol. The Morgan fingerprint density at radius 2 is 1.68 bits per heavy atom. The zero-order valence-electron chi connectivity index (χ0n) is 18.0. The zero-order chi connectivity index (χ0) is 24.5. The minimum Gasteiger partial charge on any atom is -0.497 e. The Balaban J connectivity index is 1.85. The van der Waals surface area contributed by atoms with E-state index in [0.717, 1.165) is 16.8 Å². The lowest BCUT2D eigenvalue weighted by molar-refractivity contribution is -0.137. The highest BCUT2D eigenvalue weighted by molar-refractivity contribution is 6.11. The normalized spacial score (nSPS) is 11.3. The number of aromatic nitrogens is 2. The first-order valence-electron chi connectivity index (χ1n) is 9.96. The summed E-state index contributed by atoms with van der Waals surface area (Å²) >= 11 is 0. The number of alkyl halides is 3. The molecule has 3 aromatic carbocycles. The molecule has 0 aliphatic carbocycles. The van der Waals surface area contributed by atoms with Gasteiger partial charge in [-0.2, -0.15) is 23.0 Å². The van der Waals surface area contributed by atoms with Gasteiger partial charge in [0.2, 0.25) is 0 Å².